The van der Waals surface area contributed by atoms with Crippen LogP contribution in [0.3, 0.4) is 0 Å². The topological polar surface area (TPSA) is 51.5 Å². The van der Waals surface area contributed by atoms with Gasteiger partial charge >= 0.3 is 5.97 Å². The third-order valence-electron chi connectivity index (χ3n) is 4.21. The zero-order valence-electron chi connectivity index (χ0n) is 17.1. The molecular weight excluding hydrogens is 360 g/mol. The first-order chi connectivity index (χ1) is 13.9. The molecule has 0 aliphatic carbocycles. The highest BCUT2D eigenvalue weighted by molar-refractivity contribution is 6.13. The summed E-state index contributed by atoms with van der Waals surface area (Å²) in [5.74, 6) is -0.342. The summed E-state index contributed by atoms with van der Waals surface area (Å²) in [7, 11) is 0. The van der Waals surface area contributed by atoms with Crippen molar-refractivity contribution in [3.8, 4) is 0 Å². The second-order valence-corrected chi connectivity index (χ2v) is 7.82. The second-order valence-electron chi connectivity index (χ2n) is 7.82. The number of benzene rings is 2. The van der Waals surface area contributed by atoms with Crippen molar-refractivity contribution in [3.63, 3.8) is 0 Å². The molecule has 0 aliphatic heterocycles. The summed E-state index contributed by atoms with van der Waals surface area (Å²) in [6, 6.07) is 23.0. The Labute approximate surface area is 172 Å². The Morgan fingerprint density at radius 1 is 0.931 bits per heavy atom. The highest BCUT2D eigenvalue weighted by Crippen LogP contribution is 2.17. The second kappa shape index (κ2) is 9.28. The number of carbonyl (C=O) groups excluding carboxylic acids is 1. The van der Waals surface area contributed by atoms with E-state index in [0.717, 1.165) is 22.4 Å². The van der Waals surface area contributed by atoms with Crippen LogP contribution < -0.4 is 0 Å². The number of nitrogens with zero attached hydrogens (tertiary/aromatic N) is 2. The van der Waals surface area contributed by atoms with Crippen LogP contribution in [0.4, 0.5) is 0 Å². The van der Waals surface area contributed by atoms with E-state index in [1.54, 1.807) is 12.4 Å². The maximum atomic E-state index is 13.0. The predicted molar refractivity (Wildman–Crippen MR) is 116 cm³/mol. The molecule has 1 atom stereocenters. The lowest BCUT2D eigenvalue weighted by Crippen LogP contribution is -2.33. The van der Waals surface area contributed by atoms with Crippen molar-refractivity contribution in [2.45, 2.75) is 38.8 Å². The Morgan fingerprint density at radius 2 is 1.52 bits per heavy atom. The molecule has 0 amide bonds. The Hall–Kier alpha value is -3.27. The lowest BCUT2D eigenvalue weighted by Gasteiger charge is -2.23. The molecule has 0 bridgehead atoms. The highest BCUT2D eigenvalue weighted by atomic mass is 16.6. The number of aliphatic imine (C=N–C) groups is 1. The number of hydrogen-bond donors (Lipinski definition) is 0. The quantitative estimate of drug-likeness (QED) is 0.448. The van der Waals surface area contributed by atoms with Gasteiger partial charge in [0.15, 0.2) is 6.04 Å². The van der Waals surface area contributed by atoms with Gasteiger partial charge < -0.3 is 4.74 Å². The lowest BCUT2D eigenvalue weighted by atomic mass is 10.0. The Kier molecular flexibility index (Phi) is 6.55. The first kappa shape index (κ1) is 20.5. The van der Waals surface area contributed by atoms with Gasteiger partial charge in [-0.2, -0.15) is 0 Å². The number of hydrogen-bond acceptors (Lipinski definition) is 4. The smallest absolute Gasteiger partial charge is 0.331 e. The molecule has 29 heavy (non-hydrogen) atoms. The molecule has 0 radical (unpaired) electrons. The molecule has 4 nitrogen and oxygen atoms in total. The number of carbonyl (C=O) groups is 1. The number of esters is 1. The first-order valence-corrected chi connectivity index (χ1v) is 9.73. The summed E-state index contributed by atoms with van der Waals surface area (Å²) < 4.78 is 5.68. The molecule has 1 heterocycles. The van der Waals surface area contributed by atoms with Crippen molar-refractivity contribution >= 4 is 11.7 Å². The summed E-state index contributed by atoms with van der Waals surface area (Å²) in [6.45, 7) is 5.60. The van der Waals surface area contributed by atoms with Crippen molar-refractivity contribution in [3.05, 3.63) is 102 Å². The van der Waals surface area contributed by atoms with E-state index in [2.05, 4.69) is 4.98 Å². The molecule has 0 spiro atoms. The largest absolute Gasteiger partial charge is 0.458 e. The minimum absolute atomic E-state index is 0.342. The van der Waals surface area contributed by atoms with Crippen LogP contribution in [-0.4, -0.2) is 28.3 Å². The third kappa shape index (κ3) is 6.11. The van der Waals surface area contributed by atoms with Gasteiger partial charge in [0.05, 0.1) is 5.71 Å². The van der Waals surface area contributed by atoms with E-state index in [9.17, 15) is 4.79 Å². The van der Waals surface area contributed by atoms with E-state index in [1.165, 1.54) is 0 Å². The normalized spacial score (nSPS) is 12.1. The number of aromatic nitrogens is 1. The van der Waals surface area contributed by atoms with Crippen LogP contribution >= 0.6 is 0 Å². The summed E-state index contributed by atoms with van der Waals surface area (Å²) in [6.07, 6.45) is 3.90. The van der Waals surface area contributed by atoms with Gasteiger partial charge in [0.1, 0.15) is 5.60 Å². The molecule has 3 rings (SSSR count). The third-order valence-corrected chi connectivity index (χ3v) is 4.21. The van der Waals surface area contributed by atoms with Crippen LogP contribution in [0.1, 0.15) is 37.5 Å². The van der Waals surface area contributed by atoms with E-state index in [0.29, 0.717) is 6.42 Å². The van der Waals surface area contributed by atoms with Gasteiger partial charge in [-0.05, 0) is 32.4 Å². The van der Waals surface area contributed by atoms with E-state index in [1.807, 2.05) is 93.6 Å². The van der Waals surface area contributed by atoms with Crippen LogP contribution in [0.5, 0.6) is 0 Å². The summed E-state index contributed by atoms with van der Waals surface area (Å²) >= 11 is 0. The lowest BCUT2D eigenvalue weighted by molar-refractivity contribution is -0.156. The van der Waals surface area contributed by atoms with Crippen LogP contribution in [0, 0.1) is 0 Å². The van der Waals surface area contributed by atoms with Crippen molar-refractivity contribution in [1.82, 2.24) is 4.98 Å². The molecule has 3 aromatic rings. The summed E-state index contributed by atoms with van der Waals surface area (Å²) in [5, 5.41) is 0. The van der Waals surface area contributed by atoms with E-state index < -0.39 is 11.6 Å². The molecular formula is C25H26N2O2. The van der Waals surface area contributed by atoms with Gasteiger partial charge in [-0.15, -0.1) is 0 Å². The Morgan fingerprint density at radius 3 is 2.00 bits per heavy atom. The van der Waals surface area contributed by atoms with Crippen LogP contribution in [0.15, 0.2) is 90.2 Å². The molecule has 1 unspecified atom stereocenters. The van der Waals surface area contributed by atoms with Crippen LogP contribution in [-0.2, 0) is 16.0 Å². The number of pyridine rings is 1. The van der Waals surface area contributed by atoms with Gasteiger partial charge in [0.2, 0.25) is 0 Å². The minimum atomic E-state index is -0.672. The Bertz CT molecular complexity index is 905. The molecule has 148 valence electrons. The molecule has 0 fully saturated rings. The minimum Gasteiger partial charge on any atom is -0.458 e. The molecule has 0 saturated heterocycles. The molecule has 2 aromatic carbocycles. The van der Waals surface area contributed by atoms with Crippen LogP contribution in [0.25, 0.3) is 0 Å². The standard InChI is InChI=1S/C25H26N2O2/c1-25(2,3)29-24(28)22(17-19-11-10-16-26-18-19)27-23(20-12-6-4-7-13-20)21-14-8-5-9-15-21/h4-16,18,22H,17H2,1-3H3. The predicted octanol–water partition coefficient (Wildman–Crippen LogP) is 4.87. The fourth-order valence-electron chi connectivity index (χ4n) is 2.96. The number of rotatable bonds is 6. The van der Waals surface area contributed by atoms with Crippen molar-refractivity contribution < 1.29 is 9.53 Å². The monoisotopic (exact) mass is 386 g/mol. The highest BCUT2D eigenvalue weighted by Gasteiger charge is 2.26. The van der Waals surface area contributed by atoms with E-state index in [4.69, 9.17) is 9.73 Å². The zero-order valence-corrected chi connectivity index (χ0v) is 17.1. The van der Waals surface area contributed by atoms with Gasteiger partial charge in [-0.25, -0.2) is 4.79 Å². The molecule has 0 saturated carbocycles. The fraction of sp³-hybridized carbons (Fsp3) is 0.240. The van der Waals surface area contributed by atoms with Crippen molar-refractivity contribution in [2.24, 2.45) is 4.99 Å². The number of ether oxygens (including phenoxy) is 1. The molecule has 0 N–H and O–H groups in total. The van der Waals surface area contributed by atoms with E-state index in [-0.39, 0.29) is 5.97 Å². The average Bonchev–Trinajstić information content (AvgIpc) is 2.72. The summed E-state index contributed by atoms with van der Waals surface area (Å²) in [4.78, 5) is 22.1. The van der Waals surface area contributed by atoms with Crippen LogP contribution in [0.2, 0.25) is 0 Å². The van der Waals surface area contributed by atoms with Gasteiger partial charge in [-0.1, -0.05) is 66.7 Å². The molecule has 4 heteroatoms. The van der Waals surface area contributed by atoms with Crippen molar-refractivity contribution in [1.29, 1.82) is 0 Å². The first-order valence-electron chi connectivity index (χ1n) is 9.73. The Balaban J connectivity index is 2.05. The maximum absolute atomic E-state index is 13.0. The SMILES string of the molecule is CC(C)(C)OC(=O)C(Cc1cccnc1)N=C(c1ccccc1)c1ccccc1. The zero-order chi connectivity index (χ0) is 20.7. The average molecular weight is 386 g/mol. The van der Waals surface area contributed by atoms with Gasteiger partial charge in [0, 0.05) is 29.9 Å². The van der Waals surface area contributed by atoms with Crippen molar-refractivity contribution in [2.75, 3.05) is 0 Å². The van der Waals surface area contributed by atoms with E-state index >= 15 is 0 Å². The van der Waals surface area contributed by atoms with Gasteiger partial charge in [-0.3, -0.25) is 9.98 Å². The maximum Gasteiger partial charge on any atom is 0.331 e. The summed E-state index contributed by atoms with van der Waals surface area (Å²) in [5.41, 5.74) is 3.04. The molecule has 1 aromatic heterocycles. The molecule has 0 aliphatic rings. The van der Waals surface area contributed by atoms with Gasteiger partial charge in [0.25, 0.3) is 0 Å². The fourth-order valence-corrected chi connectivity index (χ4v) is 2.96.